The highest BCUT2D eigenvalue weighted by Crippen LogP contribution is 2.26. The fourth-order valence-electron chi connectivity index (χ4n) is 1.43. The first kappa shape index (κ1) is 14.3. The normalized spacial score (nSPS) is 10.3. The van der Waals surface area contributed by atoms with Crippen LogP contribution in [-0.4, -0.2) is 5.91 Å². The summed E-state index contributed by atoms with van der Waals surface area (Å²) in [5.74, 6) is -1.09. The lowest BCUT2D eigenvalue weighted by molar-refractivity contribution is 0.102. The monoisotopic (exact) mass is 361 g/mol. The van der Waals surface area contributed by atoms with Gasteiger partial charge in [0, 0.05) is 15.1 Å². The summed E-state index contributed by atoms with van der Waals surface area (Å²) < 4.78 is 14.0. The van der Waals surface area contributed by atoms with Crippen LogP contribution < -0.4 is 5.32 Å². The Kier molecular flexibility index (Phi) is 4.45. The number of halogens is 4. The Morgan fingerprint density at radius 2 is 1.89 bits per heavy atom. The predicted molar refractivity (Wildman–Crippen MR) is 78.5 cm³/mol. The van der Waals surface area contributed by atoms with E-state index in [-0.39, 0.29) is 10.6 Å². The van der Waals surface area contributed by atoms with Crippen molar-refractivity contribution in [2.75, 3.05) is 5.32 Å². The number of carbonyl (C=O) groups is 1. The van der Waals surface area contributed by atoms with Gasteiger partial charge in [-0.3, -0.25) is 4.79 Å². The third-order valence-corrected chi connectivity index (χ3v) is 3.59. The summed E-state index contributed by atoms with van der Waals surface area (Å²) in [5.41, 5.74) is 0.682. The lowest BCUT2D eigenvalue weighted by Crippen LogP contribution is -2.12. The molecular weight excluding hydrogens is 356 g/mol. The van der Waals surface area contributed by atoms with Crippen molar-refractivity contribution in [3.05, 3.63) is 62.3 Å². The van der Waals surface area contributed by atoms with Crippen molar-refractivity contribution in [1.82, 2.24) is 0 Å². The van der Waals surface area contributed by atoms with Gasteiger partial charge < -0.3 is 5.32 Å². The third kappa shape index (κ3) is 3.47. The molecule has 19 heavy (non-hydrogen) atoms. The highest BCUT2D eigenvalue weighted by Gasteiger charge is 2.11. The van der Waals surface area contributed by atoms with E-state index in [1.807, 2.05) is 0 Å². The van der Waals surface area contributed by atoms with Crippen molar-refractivity contribution in [3.63, 3.8) is 0 Å². The van der Waals surface area contributed by atoms with Crippen molar-refractivity contribution < 1.29 is 9.18 Å². The zero-order valence-corrected chi connectivity index (χ0v) is 12.5. The predicted octanol–water partition coefficient (Wildman–Crippen LogP) is 5.15. The summed E-state index contributed by atoms with van der Waals surface area (Å²) in [5, 5.41) is 3.09. The Morgan fingerprint density at radius 1 is 1.16 bits per heavy atom. The molecule has 0 radical (unpaired) electrons. The molecule has 2 aromatic rings. The van der Waals surface area contributed by atoms with Crippen LogP contribution in [-0.2, 0) is 0 Å². The molecule has 1 amide bonds. The van der Waals surface area contributed by atoms with Gasteiger partial charge in [-0.15, -0.1) is 0 Å². The van der Waals surface area contributed by atoms with E-state index in [9.17, 15) is 9.18 Å². The molecule has 2 rings (SSSR count). The molecule has 0 saturated carbocycles. The topological polar surface area (TPSA) is 29.1 Å². The molecule has 0 fully saturated rings. The number of rotatable bonds is 2. The van der Waals surface area contributed by atoms with Crippen LogP contribution in [0.15, 0.2) is 40.9 Å². The lowest BCUT2D eigenvalue weighted by atomic mass is 10.2. The van der Waals surface area contributed by atoms with Crippen molar-refractivity contribution in [2.45, 2.75) is 0 Å². The van der Waals surface area contributed by atoms with Gasteiger partial charge in [0.05, 0.1) is 10.7 Å². The summed E-state index contributed by atoms with van der Waals surface area (Å²) in [4.78, 5) is 12.0. The number of amides is 1. The van der Waals surface area contributed by atoms with E-state index in [2.05, 4.69) is 21.2 Å². The van der Waals surface area contributed by atoms with Gasteiger partial charge in [-0.25, -0.2) is 4.39 Å². The minimum atomic E-state index is -0.639. The SMILES string of the molecule is O=C(Nc1cc(Cl)ccc1Br)c1ccc(Cl)c(F)c1. The largest absolute Gasteiger partial charge is 0.321 e. The quantitative estimate of drug-likeness (QED) is 0.786. The lowest BCUT2D eigenvalue weighted by Gasteiger charge is -2.08. The van der Waals surface area contributed by atoms with E-state index in [1.54, 1.807) is 18.2 Å². The van der Waals surface area contributed by atoms with Gasteiger partial charge >= 0.3 is 0 Å². The zero-order chi connectivity index (χ0) is 14.0. The van der Waals surface area contributed by atoms with E-state index in [1.165, 1.54) is 12.1 Å². The Balaban J connectivity index is 2.25. The number of anilines is 1. The van der Waals surface area contributed by atoms with Crippen LogP contribution in [0.4, 0.5) is 10.1 Å². The molecule has 0 spiro atoms. The highest BCUT2D eigenvalue weighted by molar-refractivity contribution is 9.10. The molecule has 0 atom stereocenters. The van der Waals surface area contributed by atoms with Gasteiger partial charge in [-0.1, -0.05) is 23.2 Å². The maximum Gasteiger partial charge on any atom is 0.255 e. The molecule has 0 aliphatic heterocycles. The van der Waals surface area contributed by atoms with E-state index in [0.717, 1.165) is 6.07 Å². The summed E-state index contributed by atoms with van der Waals surface area (Å²) in [6.45, 7) is 0. The Bertz CT molecular complexity index is 649. The van der Waals surface area contributed by atoms with Crippen LogP contribution in [0.5, 0.6) is 0 Å². The molecule has 98 valence electrons. The van der Waals surface area contributed by atoms with Crippen LogP contribution in [0, 0.1) is 5.82 Å². The number of hydrogen-bond acceptors (Lipinski definition) is 1. The second-order valence-corrected chi connectivity index (χ2v) is 5.41. The second-order valence-electron chi connectivity index (χ2n) is 3.71. The van der Waals surface area contributed by atoms with Crippen molar-refractivity contribution in [2.24, 2.45) is 0 Å². The van der Waals surface area contributed by atoms with Gasteiger partial charge in [-0.05, 0) is 52.3 Å². The molecule has 0 aliphatic carbocycles. The minimum Gasteiger partial charge on any atom is -0.321 e. The number of carbonyl (C=O) groups excluding carboxylic acids is 1. The maximum atomic E-state index is 13.3. The average Bonchev–Trinajstić information content (AvgIpc) is 2.37. The molecule has 0 heterocycles. The zero-order valence-electron chi connectivity index (χ0n) is 9.38. The van der Waals surface area contributed by atoms with Gasteiger partial charge in [0.15, 0.2) is 0 Å². The third-order valence-electron chi connectivity index (χ3n) is 2.36. The van der Waals surface area contributed by atoms with Gasteiger partial charge in [0.1, 0.15) is 5.82 Å². The molecule has 1 N–H and O–H groups in total. The number of hydrogen-bond donors (Lipinski definition) is 1. The molecule has 0 unspecified atom stereocenters. The highest BCUT2D eigenvalue weighted by atomic mass is 79.9. The first-order valence-corrected chi connectivity index (χ1v) is 6.74. The van der Waals surface area contributed by atoms with E-state index < -0.39 is 11.7 Å². The smallest absolute Gasteiger partial charge is 0.255 e. The van der Waals surface area contributed by atoms with E-state index in [0.29, 0.717) is 15.2 Å². The number of benzene rings is 2. The summed E-state index contributed by atoms with van der Waals surface area (Å²) in [6.07, 6.45) is 0. The van der Waals surface area contributed by atoms with Gasteiger partial charge in [0.2, 0.25) is 0 Å². The maximum absolute atomic E-state index is 13.3. The minimum absolute atomic E-state index is 0.0273. The van der Waals surface area contributed by atoms with Crippen molar-refractivity contribution >= 4 is 50.7 Å². The average molecular weight is 363 g/mol. The molecule has 0 saturated heterocycles. The standard InChI is InChI=1S/C13H7BrCl2FNO/c14-9-3-2-8(15)6-12(9)18-13(19)7-1-4-10(16)11(17)5-7/h1-6H,(H,18,19). The van der Waals surface area contributed by atoms with Crippen LogP contribution in [0.2, 0.25) is 10.0 Å². The molecule has 2 aromatic carbocycles. The Morgan fingerprint density at radius 3 is 2.58 bits per heavy atom. The molecule has 6 heteroatoms. The molecule has 0 aliphatic rings. The molecule has 2 nitrogen and oxygen atoms in total. The summed E-state index contributed by atoms with van der Waals surface area (Å²) in [6, 6.07) is 8.84. The first-order valence-electron chi connectivity index (χ1n) is 5.19. The summed E-state index contributed by atoms with van der Waals surface area (Å²) in [7, 11) is 0. The molecule has 0 aromatic heterocycles. The molecule has 0 bridgehead atoms. The fraction of sp³-hybridized carbons (Fsp3) is 0. The van der Waals surface area contributed by atoms with Crippen LogP contribution >= 0.6 is 39.1 Å². The van der Waals surface area contributed by atoms with Crippen molar-refractivity contribution in [1.29, 1.82) is 0 Å². The van der Waals surface area contributed by atoms with Gasteiger partial charge in [-0.2, -0.15) is 0 Å². The number of nitrogens with one attached hydrogen (secondary N) is 1. The summed E-state index contributed by atoms with van der Waals surface area (Å²) >= 11 is 14.7. The van der Waals surface area contributed by atoms with Crippen LogP contribution in [0.1, 0.15) is 10.4 Å². The second kappa shape index (κ2) is 5.90. The van der Waals surface area contributed by atoms with Crippen LogP contribution in [0.3, 0.4) is 0 Å². The van der Waals surface area contributed by atoms with Crippen LogP contribution in [0.25, 0.3) is 0 Å². The van der Waals surface area contributed by atoms with E-state index in [4.69, 9.17) is 23.2 Å². The fourth-order valence-corrected chi connectivity index (χ4v) is 2.06. The first-order chi connectivity index (χ1) is 8.97. The van der Waals surface area contributed by atoms with Gasteiger partial charge in [0.25, 0.3) is 5.91 Å². The van der Waals surface area contributed by atoms with E-state index >= 15 is 0 Å². The van der Waals surface area contributed by atoms with Crippen molar-refractivity contribution in [3.8, 4) is 0 Å². The molecular formula is C13H7BrCl2FNO. The Hall–Kier alpha value is -1.10. The Labute approximate surface area is 127 Å².